The van der Waals surface area contributed by atoms with Gasteiger partial charge in [0.2, 0.25) is 0 Å². The maximum atomic E-state index is 2.26. The maximum Gasteiger partial charge on any atom is -0.0149 e. The van der Waals surface area contributed by atoms with E-state index in [-0.39, 0.29) is 0 Å². The van der Waals surface area contributed by atoms with Gasteiger partial charge >= 0.3 is 0 Å². The summed E-state index contributed by atoms with van der Waals surface area (Å²) in [4.78, 5) is 0. The van der Waals surface area contributed by atoms with Gasteiger partial charge in [0.15, 0.2) is 0 Å². The molecule has 0 nitrogen and oxygen atoms in total. The number of fused-ring (bicyclic) bond motifs is 1. The van der Waals surface area contributed by atoms with Crippen molar-refractivity contribution in [2.75, 3.05) is 0 Å². The first-order valence-electron chi connectivity index (χ1n) is 5.35. The molecule has 0 heterocycles. The molecule has 0 N–H and O–H groups in total. The highest BCUT2D eigenvalue weighted by Gasteiger charge is 2.03. The van der Waals surface area contributed by atoms with Gasteiger partial charge in [-0.25, -0.2) is 0 Å². The Morgan fingerprint density at radius 3 is 2.53 bits per heavy atom. The number of allylic oxidation sites excluding steroid dienone is 1. The van der Waals surface area contributed by atoms with E-state index in [1.807, 2.05) is 0 Å². The second-order valence-corrected chi connectivity index (χ2v) is 3.95. The molecule has 0 saturated heterocycles. The highest BCUT2D eigenvalue weighted by Crippen LogP contribution is 2.25. The van der Waals surface area contributed by atoms with Gasteiger partial charge in [-0.3, -0.25) is 0 Å². The highest BCUT2D eigenvalue weighted by atomic mass is 14.1. The molecule has 0 heteroatoms. The summed E-state index contributed by atoms with van der Waals surface area (Å²) in [7, 11) is 0. The van der Waals surface area contributed by atoms with E-state index in [0.29, 0.717) is 0 Å². The van der Waals surface area contributed by atoms with E-state index in [9.17, 15) is 0 Å². The van der Waals surface area contributed by atoms with Crippen LogP contribution in [0.15, 0.2) is 36.4 Å². The van der Waals surface area contributed by atoms with Crippen molar-refractivity contribution in [2.24, 2.45) is 0 Å². The van der Waals surface area contributed by atoms with Gasteiger partial charge in [0, 0.05) is 0 Å². The Morgan fingerprint density at radius 2 is 1.80 bits per heavy atom. The van der Waals surface area contributed by atoms with E-state index in [4.69, 9.17) is 0 Å². The SMILES string of the molecule is C/C=C\c1c(C)cc2ccccc2c1C. The van der Waals surface area contributed by atoms with Crippen molar-refractivity contribution in [3.05, 3.63) is 53.1 Å². The molecule has 0 aliphatic carbocycles. The molecule has 2 rings (SSSR count). The summed E-state index contributed by atoms with van der Waals surface area (Å²) in [6.45, 7) is 6.44. The summed E-state index contributed by atoms with van der Waals surface area (Å²) in [6, 6.07) is 10.8. The summed E-state index contributed by atoms with van der Waals surface area (Å²) in [6.07, 6.45) is 4.29. The van der Waals surface area contributed by atoms with Gasteiger partial charge in [0.1, 0.15) is 0 Å². The molecule has 0 unspecified atom stereocenters. The predicted molar refractivity (Wildman–Crippen MR) is 68.1 cm³/mol. The van der Waals surface area contributed by atoms with Crippen LogP contribution in [0.2, 0.25) is 0 Å². The molecule has 0 amide bonds. The van der Waals surface area contributed by atoms with Crippen LogP contribution in [-0.2, 0) is 0 Å². The second kappa shape index (κ2) is 3.90. The summed E-state index contributed by atoms with van der Waals surface area (Å²) in [5.74, 6) is 0. The van der Waals surface area contributed by atoms with Gasteiger partial charge in [0.25, 0.3) is 0 Å². The standard InChI is InChI=1S/C15H16/c1-4-7-14-11(2)10-13-8-5-6-9-15(13)12(14)3/h4-10H,1-3H3/b7-4-. The molecule has 15 heavy (non-hydrogen) atoms. The quantitative estimate of drug-likeness (QED) is 0.630. The fourth-order valence-corrected chi connectivity index (χ4v) is 2.14. The lowest BCUT2D eigenvalue weighted by Crippen LogP contribution is -1.88. The number of hydrogen-bond acceptors (Lipinski definition) is 0. The molecule has 2 aromatic rings. The van der Waals surface area contributed by atoms with Gasteiger partial charge in [-0.05, 0) is 48.2 Å². The van der Waals surface area contributed by atoms with E-state index in [2.05, 4.69) is 63.3 Å². The molecule has 2 aromatic carbocycles. The van der Waals surface area contributed by atoms with Crippen molar-refractivity contribution in [1.82, 2.24) is 0 Å². The van der Waals surface area contributed by atoms with Crippen LogP contribution >= 0.6 is 0 Å². The minimum Gasteiger partial charge on any atom is -0.0870 e. The molecule has 0 radical (unpaired) electrons. The topological polar surface area (TPSA) is 0 Å². The zero-order valence-corrected chi connectivity index (χ0v) is 9.54. The lowest BCUT2D eigenvalue weighted by Gasteiger charge is -2.09. The molecular formula is C15H16. The Morgan fingerprint density at radius 1 is 1.07 bits per heavy atom. The average Bonchev–Trinajstić information content (AvgIpc) is 2.24. The van der Waals surface area contributed by atoms with Crippen LogP contribution in [0, 0.1) is 13.8 Å². The Kier molecular flexibility index (Phi) is 2.59. The van der Waals surface area contributed by atoms with Crippen molar-refractivity contribution in [3.8, 4) is 0 Å². The van der Waals surface area contributed by atoms with Gasteiger partial charge in [-0.2, -0.15) is 0 Å². The van der Waals surface area contributed by atoms with E-state index in [1.165, 1.54) is 27.5 Å². The van der Waals surface area contributed by atoms with Crippen molar-refractivity contribution < 1.29 is 0 Å². The average molecular weight is 196 g/mol. The molecule has 0 aliphatic heterocycles. The minimum absolute atomic E-state index is 1.33. The van der Waals surface area contributed by atoms with Crippen LogP contribution in [0.1, 0.15) is 23.6 Å². The number of benzene rings is 2. The van der Waals surface area contributed by atoms with Crippen LogP contribution in [0.5, 0.6) is 0 Å². The van der Waals surface area contributed by atoms with Crippen molar-refractivity contribution >= 4 is 16.8 Å². The first-order chi connectivity index (χ1) is 7.24. The summed E-state index contributed by atoms with van der Waals surface area (Å²) in [5.41, 5.74) is 4.09. The Labute approximate surface area is 91.2 Å². The van der Waals surface area contributed by atoms with Gasteiger partial charge in [-0.1, -0.05) is 42.5 Å². The molecule has 0 atom stereocenters. The monoisotopic (exact) mass is 196 g/mol. The third-order valence-electron chi connectivity index (χ3n) is 2.90. The van der Waals surface area contributed by atoms with Crippen LogP contribution < -0.4 is 0 Å². The van der Waals surface area contributed by atoms with E-state index < -0.39 is 0 Å². The lowest BCUT2D eigenvalue weighted by molar-refractivity contribution is 1.39. The molecule has 0 saturated carbocycles. The summed E-state index contributed by atoms with van der Waals surface area (Å²) in [5, 5.41) is 2.69. The molecule has 0 fully saturated rings. The molecule has 0 aromatic heterocycles. The lowest BCUT2D eigenvalue weighted by atomic mass is 9.95. The Balaban J connectivity index is 2.83. The van der Waals surface area contributed by atoms with Crippen LogP contribution in [0.3, 0.4) is 0 Å². The van der Waals surface area contributed by atoms with Crippen LogP contribution in [0.25, 0.3) is 16.8 Å². The Hall–Kier alpha value is -1.56. The van der Waals surface area contributed by atoms with Gasteiger partial charge in [-0.15, -0.1) is 0 Å². The van der Waals surface area contributed by atoms with E-state index in [0.717, 1.165) is 0 Å². The fourth-order valence-electron chi connectivity index (χ4n) is 2.14. The number of aryl methyl sites for hydroxylation is 2. The van der Waals surface area contributed by atoms with Gasteiger partial charge < -0.3 is 0 Å². The highest BCUT2D eigenvalue weighted by molar-refractivity contribution is 5.89. The fraction of sp³-hybridized carbons (Fsp3) is 0.200. The Bertz CT molecular complexity index is 519. The van der Waals surface area contributed by atoms with Crippen molar-refractivity contribution in [1.29, 1.82) is 0 Å². The summed E-state index contributed by atoms with van der Waals surface area (Å²) < 4.78 is 0. The molecule has 0 bridgehead atoms. The zero-order valence-electron chi connectivity index (χ0n) is 9.54. The number of rotatable bonds is 1. The van der Waals surface area contributed by atoms with Crippen LogP contribution in [0.4, 0.5) is 0 Å². The zero-order chi connectivity index (χ0) is 10.8. The van der Waals surface area contributed by atoms with Gasteiger partial charge in [0.05, 0.1) is 0 Å². The smallest absolute Gasteiger partial charge is 0.0149 e. The third kappa shape index (κ3) is 1.68. The second-order valence-electron chi connectivity index (χ2n) is 3.95. The molecule has 0 spiro atoms. The minimum atomic E-state index is 1.33. The first-order valence-corrected chi connectivity index (χ1v) is 5.35. The van der Waals surface area contributed by atoms with E-state index >= 15 is 0 Å². The van der Waals surface area contributed by atoms with E-state index in [1.54, 1.807) is 0 Å². The third-order valence-corrected chi connectivity index (χ3v) is 2.90. The number of hydrogen-bond donors (Lipinski definition) is 0. The van der Waals surface area contributed by atoms with Crippen molar-refractivity contribution in [3.63, 3.8) is 0 Å². The summed E-state index contributed by atoms with van der Waals surface area (Å²) >= 11 is 0. The predicted octanol–water partition coefficient (Wildman–Crippen LogP) is 4.49. The normalized spacial score (nSPS) is 11.4. The van der Waals surface area contributed by atoms with Crippen molar-refractivity contribution in [2.45, 2.75) is 20.8 Å². The molecular weight excluding hydrogens is 180 g/mol. The largest absolute Gasteiger partial charge is 0.0870 e. The van der Waals surface area contributed by atoms with Crippen LogP contribution in [-0.4, -0.2) is 0 Å². The molecule has 76 valence electrons. The maximum absolute atomic E-state index is 2.26. The first kappa shape index (κ1) is 9.97. The molecule has 0 aliphatic rings.